The van der Waals surface area contributed by atoms with Crippen LogP contribution in [0.1, 0.15) is 30.0 Å². The van der Waals surface area contributed by atoms with Crippen molar-refractivity contribution in [3.05, 3.63) is 77.9 Å². The van der Waals surface area contributed by atoms with Crippen LogP contribution in [0.15, 0.2) is 66.7 Å². The molecule has 2 aliphatic heterocycles. The largest absolute Gasteiger partial charge is 0.339 e. The van der Waals surface area contributed by atoms with Gasteiger partial charge in [-0.1, -0.05) is 54.6 Å². The van der Waals surface area contributed by atoms with Gasteiger partial charge < -0.3 is 10.2 Å². The van der Waals surface area contributed by atoms with Crippen molar-refractivity contribution in [3.63, 3.8) is 0 Å². The lowest BCUT2D eigenvalue weighted by molar-refractivity contribution is -0.125. The third-order valence-corrected chi connectivity index (χ3v) is 7.27. The monoisotopic (exact) mass is 419 g/mol. The highest BCUT2D eigenvalue weighted by Crippen LogP contribution is 2.43. The molecule has 0 radical (unpaired) electrons. The van der Waals surface area contributed by atoms with Crippen LogP contribution in [-0.2, 0) is 11.2 Å². The van der Waals surface area contributed by atoms with E-state index in [4.69, 9.17) is 0 Å². The number of carbonyl (C=O) groups excluding carboxylic acids is 1. The second-order valence-corrected chi connectivity index (χ2v) is 8.58. The Labute approximate surface area is 183 Å². The first kappa shape index (κ1) is 19.4. The predicted octanol–water partition coefficient (Wildman–Crippen LogP) is 4.29. The normalized spacial score (nSPS) is 22.3. The van der Waals surface area contributed by atoms with Crippen molar-refractivity contribution < 1.29 is 4.79 Å². The molecule has 3 aromatic rings. The molecule has 2 heterocycles. The average molecular weight is 420 g/mol. The molecular formula is C25H26ClN3O. The molecule has 1 aliphatic carbocycles. The number of nitrogens with one attached hydrogen (secondary N) is 1. The Kier molecular flexibility index (Phi) is 4.72. The fourth-order valence-corrected chi connectivity index (χ4v) is 5.78. The zero-order valence-corrected chi connectivity index (χ0v) is 17.7. The zero-order chi connectivity index (χ0) is 19.4. The maximum Gasteiger partial charge on any atom is 0.247 e. The number of amides is 1. The van der Waals surface area contributed by atoms with Crippen molar-refractivity contribution in [3.8, 4) is 0 Å². The van der Waals surface area contributed by atoms with Crippen molar-refractivity contribution in [2.45, 2.75) is 30.8 Å². The maximum atomic E-state index is 12.9. The molecule has 0 aromatic heterocycles. The molecule has 6 rings (SSSR count). The number of piperidine rings is 1. The van der Waals surface area contributed by atoms with Crippen LogP contribution in [0.5, 0.6) is 0 Å². The van der Waals surface area contributed by atoms with E-state index < -0.39 is 5.54 Å². The Hall–Kier alpha value is -2.56. The summed E-state index contributed by atoms with van der Waals surface area (Å²) >= 11 is 0. The second-order valence-electron chi connectivity index (χ2n) is 8.58. The number of hydrogen-bond donors (Lipinski definition) is 1. The smallest absolute Gasteiger partial charge is 0.247 e. The first-order chi connectivity index (χ1) is 14.3. The van der Waals surface area contributed by atoms with E-state index in [0.29, 0.717) is 12.7 Å². The van der Waals surface area contributed by atoms with E-state index >= 15 is 0 Å². The molecule has 30 heavy (non-hydrogen) atoms. The number of para-hydroxylation sites is 1. The Morgan fingerprint density at radius 2 is 1.63 bits per heavy atom. The van der Waals surface area contributed by atoms with Gasteiger partial charge in [-0.3, -0.25) is 9.69 Å². The second kappa shape index (κ2) is 7.29. The van der Waals surface area contributed by atoms with Crippen molar-refractivity contribution in [2.24, 2.45) is 0 Å². The molecule has 154 valence electrons. The number of nitrogens with zero attached hydrogens (tertiary/aromatic N) is 2. The first-order valence-corrected chi connectivity index (χ1v) is 10.6. The number of rotatable bonds is 2. The summed E-state index contributed by atoms with van der Waals surface area (Å²) in [5.74, 6) is 0.192. The molecule has 2 saturated heterocycles. The van der Waals surface area contributed by atoms with E-state index in [-0.39, 0.29) is 18.3 Å². The fraction of sp³-hybridized carbons (Fsp3) is 0.320. The van der Waals surface area contributed by atoms with Gasteiger partial charge in [-0.15, -0.1) is 12.4 Å². The van der Waals surface area contributed by atoms with Gasteiger partial charge in [0.2, 0.25) is 5.91 Å². The van der Waals surface area contributed by atoms with Crippen molar-refractivity contribution in [1.29, 1.82) is 0 Å². The maximum absolute atomic E-state index is 12.9. The molecule has 3 aliphatic rings. The molecule has 1 atom stereocenters. The molecule has 3 aromatic carbocycles. The number of likely N-dealkylation sites (tertiary alicyclic amines) is 1. The molecule has 1 N–H and O–H groups in total. The Bertz CT molecular complexity index is 1090. The van der Waals surface area contributed by atoms with Gasteiger partial charge in [-0.25, -0.2) is 0 Å². The van der Waals surface area contributed by atoms with E-state index in [1.165, 1.54) is 21.9 Å². The van der Waals surface area contributed by atoms with Crippen LogP contribution < -0.4 is 10.2 Å². The Morgan fingerprint density at radius 3 is 2.40 bits per heavy atom. The highest BCUT2D eigenvalue weighted by atomic mass is 35.5. The molecule has 1 amide bonds. The van der Waals surface area contributed by atoms with Crippen molar-refractivity contribution >= 4 is 34.8 Å². The van der Waals surface area contributed by atoms with E-state index in [2.05, 4.69) is 75.8 Å². The van der Waals surface area contributed by atoms with Gasteiger partial charge in [0.25, 0.3) is 0 Å². The van der Waals surface area contributed by atoms with Crippen LogP contribution in [-0.4, -0.2) is 36.1 Å². The van der Waals surface area contributed by atoms with Crippen LogP contribution >= 0.6 is 12.4 Å². The van der Waals surface area contributed by atoms with Crippen molar-refractivity contribution in [2.75, 3.05) is 24.7 Å². The highest BCUT2D eigenvalue weighted by molar-refractivity contribution is 5.94. The molecule has 5 heteroatoms. The van der Waals surface area contributed by atoms with E-state index in [1.54, 1.807) is 0 Å². The molecular weight excluding hydrogens is 394 g/mol. The number of anilines is 1. The fourth-order valence-electron chi connectivity index (χ4n) is 5.78. The molecule has 1 spiro atoms. The average Bonchev–Trinajstić information content (AvgIpc) is 3.30. The summed E-state index contributed by atoms with van der Waals surface area (Å²) in [5.41, 5.74) is 3.66. The molecule has 2 fully saturated rings. The van der Waals surface area contributed by atoms with Crippen LogP contribution in [0.4, 0.5) is 5.69 Å². The highest BCUT2D eigenvalue weighted by Gasteiger charge is 2.51. The number of hydrogen-bond acceptors (Lipinski definition) is 3. The first-order valence-electron chi connectivity index (χ1n) is 10.6. The standard InChI is InChI=1S/C25H25N3O.ClH/c29-24-25(28(17-26-24)20-9-2-1-3-10-20)12-14-27(15-13-25)22-16-19-8-4-6-18-7-5-11-21(22)23(18)19;/h1-11,22H,12-17H2,(H,26,29);1H/t22-;/m1./s1. The van der Waals surface area contributed by atoms with Crippen molar-refractivity contribution in [1.82, 2.24) is 10.2 Å². The predicted molar refractivity (Wildman–Crippen MR) is 123 cm³/mol. The zero-order valence-electron chi connectivity index (χ0n) is 16.9. The van der Waals surface area contributed by atoms with Crippen LogP contribution in [0.3, 0.4) is 0 Å². The number of benzene rings is 3. The van der Waals surface area contributed by atoms with Gasteiger partial charge >= 0.3 is 0 Å². The quantitative estimate of drug-likeness (QED) is 0.673. The third kappa shape index (κ3) is 2.74. The lowest BCUT2D eigenvalue weighted by Gasteiger charge is -2.45. The van der Waals surface area contributed by atoms with Gasteiger partial charge in [0.1, 0.15) is 5.54 Å². The van der Waals surface area contributed by atoms with Gasteiger partial charge in [-0.05, 0) is 53.3 Å². The van der Waals surface area contributed by atoms with Gasteiger partial charge in [0.15, 0.2) is 0 Å². The van der Waals surface area contributed by atoms with Crippen LogP contribution in [0.25, 0.3) is 10.8 Å². The summed E-state index contributed by atoms with van der Waals surface area (Å²) in [6.07, 6.45) is 2.82. The number of halogens is 1. The number of carbonyl (C=O) groups is 1. The minimum atomic E-state index is -0.407. The molecule has 0 unspecified atom stereocenters. The van der Waals surface area contributed by atoms with Crippen LogP contribution in [0, 0.1) is 0 Å². The SMILES string of the molecule is Cl.O=C1NCN(c2ccccc2)C12CCN([C@@H]1Cc3cccc4cccc1c34)CC2. The van der Waals surface area contributed by atoms with Gasteiger partial charge in [0, 0.05) is 24.8 Å². The third-order valence-electron chi connectivity index (χ3n) is 7.27. The Balaban J connectivity index is 0.00000193. The minimum absolute atomic E-state index is 0. The summed E-state index contributed by atoms with van der Waals surface area (Å²) in [7, 11) is 0. The van der Waals surface area contributed by atoms with Gasteiger partial charge in [-0.2, -0.15) is 0 Å². The molecule has 0 saturated carbocycles. The minimum Gasteiger partial charge on any atom is -0.339 e. The van der Waals surface area contributed by atoms with E-state index in [9.17, 15) is 4.79 Å². The summed E-state index contributed by atoms with van der Waals surface area (Å²) in [6.45, 7) is 2.51. The summed E-state index contributed by atoms with van der Waals surface area (Å²) in [5, 5.41) is 5.91. The van der Waals surface area contributed by atoms with E-state index in [1.807, 2.05) is 6.07 Å². The molecule has 0 bridgehead atoms. The van der Waals surface area contributed by atoms with E-state index in [0.717, 1.165) is 38.0 Å². The summed E-state index contributed by atoms with van der Waals surface area (Å²) in [4.78, 5) is 17.8. The van der Waals surface area contributed by atoms with Gasteiger partial charge in [0.05, 0.1) is 6.67 Å². The molecule has 4 nitrogen and oxygen atoms in total. The summed E-state index contributed by atoms with van der Waals surface area (Å²) in [6, 6.07) is 24.2. The lowest BCUT2D eigenvalue weighted by atomic mass is 9.84. The van der Waals surface area contributed by atoms with Crippen LogP contribution in [0.2, 0.25) is 0 Å². The Morgan fingerprint density at radius 1 is 0.900 bits per heavy atom. The lowest BCUT2D eigenvalue weighted by Crippen LogP contribution is -2.56. The summed E-state index contributed by atoms with van der Waals surface area (Å²) < 4.78 is 0. The topological polar surface area (TPSA) is 35.6 Å².